The number of nitrogens with two attached hydrogens (primary N) is 4. The van der Waals surface area contributed by atoms with Gasteiger partial charge in [-0.25, -0.2) is 16.7 Å². The molecule has 0 saturated heterocycles. The molecule has 0 spiro atoms. The van der Waals surface area contributed by atoms with E-state index in [0.717, 1.165) is 30.7 Å². The molecule has 1 aliphatic rings. The molecule has 0 amide bonds. The number of rotatable bonds is 8. The lowest BCUT2D eigenvalue weighted by Crippen LogP contribution is -2.43. The third-order valence-electron chi connectivity index (χ3n) is 5.17. The van der Waals surface area contributed by atoms with Gasteiger partial charge in [0.05, 0.1) is 35.4 Å². The van der Waals surface area contributed by atoms with Gasteiger partial charge in [-0.3, -0.25) is 5.01 Å². The quantitative estimate of drug-likeness (QED) is 0.222. The summed E-state index contributed by atoms with van der Waals surface area (Å²) in [6.45, 7) is 4.22. The van der Waals surface area contributed by atoms with Gasteiger partial charge in [0.1, 0.15) is 11.6 Å². The van der Waals surface area contributed by atoms with Crippen molar-refractivity contribution in [3.05, 3.63) is 29.2 Å². The highest BCUT2D eigenvalue weighted by molar-refractivity contribution is 5.82. The standard InChI is InChI=1S/C20H36N8O/c1-4-8-19(26-22)28(24)13-17(27(3)23)20(21)16-11-12-18(14(2)25-16)29-15-9-6-5-7-10-15/h11-12,15H,4-10,13,21-24H2,1-3H3/b20-17-,26-19-. The van der Waals surface area contributed by atoms with Crippen LogP contribution in [0.3, 0.4) is 0 Å². The van der Waals surface area contributed by atoms with Gasteiger partial charge in [-0.1, -0.05) is 13.3 Å². The average Bonchev–Trinajstić information content (AvgIpc) is 2.71. The van der Waals surface area contributed by atoms with Gasteiger partial charge in [-0.2, -0.15) is 5.10 Å². The minimum Gasteiger partial charge on any atom is -0.489 e. The van der Waals surface area contributed by atoms with Gasteiger partial charge in [-0.05, 0) is 51.2 Å². The van der Waals surface area contributed by atoms with E-state index in [1.165, 1.54) is 29.3 Å². The lowest BCUT2D eigenvalue weighted by atomic mass is 9.98. The molecule has 2 rings (SSSR count). The number of hydrogen-bond acceptors (Lipinski definition) is 8. The zero-order valence-electron chi connectivity index (χ0n) is 17.9. The van der Waals surface area contributed by atoms with E-state index in [4.69, 9.17) is 28.0 Å². The number of likely N-dealkylation sites (N-methyl/N-ethyl adjacent to an activating group) is 1. The number of ether oxygens (including phenoxy) is 1. The molecule has 0 unspecified atom stereocenters. The summed E-state index contributed by atoms with van der Waals surface area (Å²) < 4.78 is 6.15. The van der Waals surface area contributed by atoms with Gasteiger partial charge in [0, 0.05) is 13.5 Å². The highest BCUT2D eigenvalue weighted by Gasteiger charge is 2.19. The van der Waals surface area contributed by atoms with Crippen LogP contribution in [0.4, 0.5) is 0 Å². The number of aromatic nitrogens is 1. The van der Waals surface area contributed by atoms with Crippen LogP contribution in [0.15, 0.2) is 22.9 Å². The van der Waals surface area contributed by atoms with Crippen molar-refractivity contribution < 1.29 is 4.74 Å². The lowest BCUT2D eigenvalue weighted by molar-refractivity contribution is 0.153. The van der Waals surface area contributed by atoms with E-state index in [0.29, 0.717) is 29.3 Å². The van der Waals surface area contributed by atoms with Gasteiger partial charge in [-0.15, -0.1) is 0 Å². The Morgan fingerprint density at radius 3 is 2.48 bits per heavy atom. The number of nitrogens with zero attached hydrogens (tertiary/aromatic N) is 4. The molecular weight excluding hydrogens is 368 g/mol. The van der Waals surface area contributed by atoms with E-state index < -0.39 is 0 Å². The molecule has 1 fully saturated rings. The van der Waals surface area contributed by atoms with Crippen LogP contribution in [0.2, 0.25) is 0 Å². The maximum atomic E-state index is 6.41. The first-order valence-electron chi connectivity index (χ1n) is 10.3. The molecule has 0 aliphatic heterocycles. The summed E-state index contributed by atoms with van der Waals surface area (Å²) in [5.74, 6) is 19.0. The molecule has 9 heteroatoms. The molecule has 9 nitrogen and oxygen atoms in total. The number of pyridine rings is 1. The zero-order chi connectivity index (χ0) is 21.4. The summed E-state index contributed by atoms with van der Waals surface area (Å²) in [5.41, 5.74) is 8.91. The third-order valence-corrected chi connectivity index (χ3v) is 5.17. The second kappa shape index (κ2) is 10.9. The summed E-state index contributed by atoms with van der Waals surface area (Å²) in [4.78, 5) is 4.65. The molecular formula is C20H36N8O. The van der Waals surface area contributed by atoms with Crippen molar-refractivity contribution in [3.63, 3.8) is 0 Å². The Morgan fingerprint density at radius 1 is 1.24 bits per heavy atom. The van der Waals surface area contributed by atoms with Crippen LogP contribution in [-0.2, 0) is 0 Å². The Bertz CT molecular complexity index is 725. The monoisotopic (exact) mass is 404 g/mol. The molecule has 1 aromatic rings. The number of aryl methyl sites for hydroxylation is 1. The normalized spacial score (nSPS) is 16.4. The molecule has 1 heterocycles. The van der Waals surface area contributed by atoms with Crippen LogP contribution in [0.25, 0.3) is 5.70 Å². The van der Waals surface area contributed by atoms with E-state index >= 15 is 0 Å². The Balaban J connectivity index is 2.21. The first-order valence-corrected chi connectivity index (χ1v) is 10.3. The Hall–Kier alpha value is -2.52. The molecule has 0 atom stereocenters. The molecule has 1 aliphatic carbocycles. The van der Waals surface area contributed by atoms with Crippen LogP contribution in [0.1, 0.15) is 63.3 Å². The van der Waals surface area contributed by atoms with Gasteiger partial charge in [0.15, 0.2) is 0 Å². The van der Waals surface area contributed by atoms with Crippen LogP contribution >= 0.6 is 0 Å². The maximum Gasteiger partial charge on any atom is 0.140 e. The van der Waals surface area contributed by atoms with Crippen molar-refractivity contribution in [1.82, 2.24) is 15.0 Å². The first kappa shape index (κ1) is 22.8. The van der Waals surface area contributed by atoms with Gasteiger partial charge < -0.3 is 21.3 Å². The average molecular weight is 405 g/mol. The molecule has 162 valence electrons. The Labute approximate surface area is 173 Å². The van der Waals surface area contributed by atoms with Crippen molar-refractivity contribution in [1.29, 1.82) is 0 Å². The van der Waals surface area contributed by atoms with Crippen LogP contribution in [0.5, 0.6) is 5.75 Å². The van der Waals surface area contributed by atoms with Gasteiger partial charge >= 0.3 is 0 Å². The predicted molar refractivity (Wildman–Crippen MR) is 117 cm³/mol. The Kier molecular flexibility index (Phi) is 8.53. The fraction of sp³-hybridized carbons (Fsp3) is 0.600. The second-order valence-electron chi connectivity index (χ2n) is 7.55. The van der Waals surface area contributed by atoms with E-state index in [-0.39, 0.29) is 12.6 Å². The summed E-state index contributed by atoms with van der Waals surface area (Å²) in [5, 5.41) is 6.67. The van der Waals surface area contributed by atoms with Gasteiger partial charge in [0.25, 0.3) is 0 Å². The Morgan fingerprint density at radius 2 is 1.93 bits per heavy atom. The van der Waals surface area contributed by atoms with E-state index in [1.54, 1.807) is 7.05 Å². The number of hydrazine groups is 2. The van der Waals surface area contributed by atoms with Gasteiger partial charge in [0.2, 0.25) is 0 Å². The molecule has 0 bridgehead atoms. The van der Waals surface area contributed by atoms with Crippen molar-refractivity contribution in [2.75, 3.05) is 13.6 Å². The van der Waals surface area contributed by atoms with Crippen molar-refractivity contribution in [2.24, 2.45) is 28.4 Å². The summed E-state index contributed by atoms with van der Waals surface area (Å²) in [7, 11) is 1.71. The summed E-state index contributed by atoms with van der Waals surface area (Å²) >= 11 is 0. The fourth-order valence-corrected chi connectivity index (χ4v) is 3.48. The molecule has 1 aromatic heterocycles. The molecule has 8 N–H and O–H groups in total. The highest BCUT2D eigenvalue weighted by atomic mass is 16.5. The van der Waals surface area contributed by atoms with E-state index in [2.05, 4.69) is 10.1 Å². The fourth-order valence-electron chi connectivity index (χ4n) is 3.48. The molecule has 1 saturated carbocycles. The van der Waals surface area contributed by atoms with Crippen molar-refractivity contribution in [2.45, 2.75) is 64.9 Å². The van der Waals surface area contributed by atoms with Crippen LogP contribution < -0.4 is 28.0 Å². The maximum absolute atomic E-state index is 6.41. The molecule has 0 aromatic carbocycles. The van der Waals surface area contributed by atoms with E-state index in [1.807, 2.05) is 26.0 Å². The van der Waals surface area contributed by atoms with Crippen LogP contribution in [-0.4, -0.2) is 40.5 Å². The summed E-state index contributed by atoms with van der Waals surface area (Å²) in [6, 6.07) is 3.78. The number of hydrazone groups is 1. The topological polar surface area (TPSA) is 145 Å². The summed E-state index contributed by atoms with van der Waals surface area (Å²) in [6.07, 6.45) is 7.74. The van der Waals surface area contributed by atoms with Crippen molar-refractivity contribution >= 4 is 11.5 Å². The van der Waals surface area contributed by atoms with Crippen molar-refractivity contribution in [3.8, 4) is 5.75 Å². The largest absolute Gasteiger partial charge is 0.489 e. The smallest absolute Gasteiger partial charge is 0.140 e. The van der Waals surface area contributed by atoms with E-state index in [9.17, 15) is 0 Å². The number of hydrogen-bond donors (Lipinski definition) is 4. The predicted octanol–water partition coefficient (Wildman–Crippen LogP) is 1.78. The number of amidine groups is 1. The molecule has 29 heavy (non-hydrogen) atoms. The SMILES string of the molecule is CCC/C(=N/N)N(N)C/C(=C(/N)c1ccc(OC2CCCCC2)c(C)n1)N(C)N. The minimum absolute atomic E-state index is 0.260. The molecule has 0 radical (unpaired) electrons. The zero-order valence-corrected chi connectivity index (χ0v) is 17.9. The lowest BCUT2D eigenvalue weighted by Gasteiger charge is -2.26. The minimum atomic E-state index is 0.260. The third kappa shape index (κ3) is 6.23. The first-order chi connectivity index (χ1) is 13.9. The van der Waals surface area contributed by atoms with Crippen LogP contribution in [0, 0.1) is 6.92 Å². The highest BCUT2D eigenvalue weighted by Crippen LogP contribution is 2.26. The second-order valence-corrected chi connectivity index (χ2v) is 7.55.